The lowest BCUT2D eigenvalue weighted by molar-refractivity contribution is 0.0530. The molecule has 0 saturated heterocycles. The molecule has 2 atom stereocenters. The van der Waals surface area contributed by atoms with Crippen LogP contribution in [0.25, 0.3) is 0 Å². The summed E-state index contributed by atoms with van der Waals surface area (Å²) in [5.41, 5.74) is 1.83. The topological polar surface area (TPSA) is 58.9 Å². The number of benzene rings is 2. The minimum atomic E-state index is -0.895. The number of rotatable bonds is 10. The number of hydrogen-bond acceptors (Lipinski definition) is 4. The lowest BCUT2D eigenvalue weighted by atomic mass is 9.77. The van der Waals surface area contributed by atoms with Gasteiger partial charge in [-0.25, -0.2) is 0 Å². The van der Waals surface area contributed by atoms with Crippen molar-refractivity contribution in [2.45, 2.75) is 32.3 Å². The van der Waals surface area contributed by atoms with E-state index in [0.29, 0.717) is 24.2 Å². The number of hydrogen-bond donors (Lipinski definition) is 2. The smallest absolute Gasteiger partial charge is 0.123 e. The standard InChI is InChI=1S/C22H29ClO4/c1-16(12-23)14-26-19-10-8-17(9-11-19)22(2,3)20-6-4-5-7-21(20)27-15-18(25)13-24/h4-11,16,18,24-25H,12-15H2,1-3H3. The van der Waals surface area contributed by atoms with Crippen molar-refractivity contribution in [2.75, 3.05) is 25.7 Å². The van der Waals surface area contributed by atoms with Crippen LogP contribution in [0.15, 0.2) is 48.5 Å². The molecule has 0 aromatic heterocycles. The molecule has 2 aromatic rings. The first kappa shape index (κ1) is 21.5. The van der Waals surface area contributed by atoms with Gasteiger partial charge in [0.1, 0.15) is 24.2 Å². The second kappa shape index (κ2) is 9.98. The molecule has 148 valence electrons. The van der Waals surface area contributed by atoms with Crippen molar-refractivity contribution in [3.8, 4) is 11.5 Å². The number of aliphatic hydroxyl groups excluding tert-OH is 2. The van der Waals surface area contributed by atoms with Gasteiger partial charge in [-0.2, -0.15) is 0 Å². The van der Waals surface area contributed by atoms with Gasteiger partial charge in [0, 0.05) is 22.8 Å². The second-order valence-electron chi connectivity index (χ2n) is 7.36. The summed E-state index contributed by atoms with van der Waals surface area (Å²) in [5.74, 6) is 2.40. The third-order valence-corrected chi connectivity index (χ3v) is 5.10. The average molecular weight is 393 g/mol. The van der Waals surface area contributed by atoms with Gasteiger partial charge in [-0.15, -0.1) is 11.6 Å². The quantitative estimate of drug-likeness (QED) is 0.600. The van der Waals surface area contributed by atoms with Gasteiger partial charge in [0.2, 0.25) is 0 Å². The molecule has 4 nitrogen and oxygen atoms in total. The molecule has 0 aliphatic rings. The summed E-state index contributed by atoms with van der Waals surface area (Å²) in [4.78, 5) is 0. The first-order valence-corrected chi connectivity index (χ1v) is 9.72. The van der Waals surface area contributed by atoms with Gasteiger partial charge in [0.15, 0.2) is 0 Å². The van der Waals surface area contributed by atoms with Crippen LogP contribution in [0.1, 0.15) is 31.9 Å². The van der Waals surface area contributed by atoms with Crippen molar-refractivity contribution in [1.82, 2.24) is 0 Å². The van der Waals surface area contributed by atoms with E-state index in [2.05, 4.69) is 32.9 Å². The van der Waals surface area contributed by atoms with Gasteiger partial charge in [-0.05, 0) is 23.8 Å². The fourth-order valence-electron chi connectivity index (χ4n) is 2.75. The predicted molar refractivity (Wildman–Crippen MR) is 109 cm³/mol. The summed E-state index contributed by atoms with van der Waals surface area (Å²) in [6.45, 7) is 6.63. The van der Waals surface area contributed by atoms with E-state index in [0.717, 1.165) is 16.9 Å². The summed E-state index contributed by atoms with van der Waals surface area (Å²) >= 11 is 5.82. The molecule has 0 fully saturated rings. The van der Waals surface area contributed by atoms with Crippen LogP contribution >= 0.6 is 11.6 Å². The Morgan fingerprint density at radius 2 is 1.67 bits per heavy atom. The van der Waals surface area contributed by atoms with Crippen LogP contribution in [0.2, 0.25) is 0 Å². The largest absolute Gasteiger partial charge is 0.493 e. The van der Waals surface area contributed by atoms with Crippen LogP contribution in [-0.4, -0.2) is 42.0 Å². The minimum Gasteiger partial charge on any atom is -0.493 e. The Kier molecular flexibility index (Phi) is 7.96. The Morgan fingerprint density at radius 3 is 2.30 bits per heavy atom. The average Bonchev–Trinajstić information content (AvgIpc) is 2.70. The molecule has 0 bridgehead atoms. The molecule has 2 aromatic carbocycles. The molecule has 0 aliphatic carbocycles. The number of ether oxygens (including phenoxy) is 2. The van der Waals surface area contributed by atoms with E-state index in [1.54, 1.807) is 0 Å². The molecule has 2 unspecified atom stereocenters. The predicted octanol–water partition coefficient (Wildman–Crippen LogP) is 4.00. The van der Waals surface area contributed by atoms with Crippen LogP contribution in [0.4, 0.5) is 0 Å². The van der Waals surface area contributed by atoms with E-state index < -0.39 is 6.10 Å². The molecule has 0 aliphatic heterocycles. The lowest BCUT2D eigenvalue weighted by Crippen LogP contribution is -2.24. The Morgan fingerprint density at radius 1 is 1.00 bits per heavy atom. The summed E-state index contributed by atoms with van der Waals surface area (Å²) in [5, 5.41) is 18.6. The number of alkyl halides is 1. The Balaban J connectivity index is 2.18. The van der Waals surface area contributed by atoms with E-state index in [-0.39, 0.29) is 18.6 Å². The molecular formula is C22H29ClO4. The molecule has 0 spiro atoms. The fraction of sp³-hybridized carbons (Fsp3) is 0.455. The van der Waals surface area contributed by atoms with Crippen molar-refractivity contribution < 1.29 is 19.7 Å². The molecule has 0 amide bonds. The normalized spacial score (nSPS) is 13.9. The highest BCUT2D eigenvalue weighted by atomic mass is 35.5. The van der Waals surface area contributed by atoms with Crippen LogP contribution in [-0.2, 0) is 5.41 Å². The Bertz CT molecular complexity index is 700. The molecule has 27 heavy (non-hydrogen) atoms. The SMILES string of the molecule is CC(CCl)COc1ccc(C(C)(C)c2ccccc2OCC(O)CO)cc1. The third kappa shape index (κ3) is 5.86. The monoisotopic (exact) mass is 392 g/mol. The van der Waals surface area contributed by atoms with Gasteiger partial charge in [-0.1, -0.05) is 51.1 Å². The van der Waals surface area contributed by atoms with E-state index >= 15 is 0 Å². The zero-order valence-corrected chi connectivity index (χ0v) is 16.9. The summed E-state index contributed by atoms with van der Waals surface area (Å²) < 4.78 is 11.5. The van der Waals surface area contributed by atoms with Gasteiger partial charge in [0.05, 0.1) is 13.2 Å². The maximum atomic E-state index is 9.57. The maximum Gasteiger partial charge on any atom is 0.123 e. The minimum absolute atomic E-state index is 0.0507. The summed E-state index contributed by atoms with van der Waals surface area (Å²) in [6, 6.07) is 15.8. The highest BCUT2D eigenvalue weighted by molar-refractivity contribution is 6.18. The molecule has 2 N–H and O–H groups in total. The lowest BCUT2D eigenvalue weighted by Gasteiger charge is -2.28. The zero-order valence-electron chi connectivity index (χ0n) is 16.2. The number of aliphatic hydroxyl groups is 2. The van der Waals surface area contributed by atoms with Crippen molar-refractivity contribution in [2.24, 2.45) is 5.92 Å². The van der Waals surface area contributed by atoms with Crippen molar-refractivity contribution in [1.29, 1.82) is 0 Å². The van der Waals surface area contributed by atoms with Crippen LogP contribution in [0.5, 0.6) is 11.5 Å². The third-order valence-electron chi connectivity index (χ3n) is 4.58. The van der Waals surface area contributed by atoms with Gasteiger partial charge >= 0.3 is 0 Å². The Labute approximate surface area is 166 Å². The fourth-order valence-corrected chi connectivity index (χ4v) is 2.84. The molecular weight excluding hydrogens is 364 g/mol. The number of para-hydroxylation sites is 1. The molecule has 0 heterocycles. The van der Waals surface area contributed by atoms with Crippen molar-refractivity contribution >= 4 is 11.6 Å². The number of halogens is 1. The molecule has 5 heteroatoms. The summed E-state index contributed by atoms with van der Waals surface area (Å²) in [7, 11) is 0. The van der Waals surface area contributed by atoms with Crippen LogP contribution < -0.4 is 9.47 Å². The maximum absolute atomic E-state index is 9.57. The van der Waals surface area contributed by atoms with Gasteiger partial charge in [-0.3, -0.25) is 0 Å². The Hall–Kier alpha value is -1.75. The second-order valence-corrected chi connectivity index (χ2v) is 7.67. The van der Waals surface area contributed by atoms with Crippen molar-refractivity contribution in [3.05, 3.63) is 59.7 Å². The van der Waals surface area contributed by atoms with E-state index in [4.69, 9.17) is 26.2 Å². The first-order chi connectivity index (χ1) is 12.9. The summed E-state index contributed by atoms with van der Waals surface area (Å²) in [6.07, 6.45) is -0.895. The van der Waals surface area contributed by atoms with E-state index in [1.807, 2.05) is 36.4 Å². The van der Waals surface area contributed by atoms with Crippen LogP contribution in [0, 0.1) is 5.92 Å². The highest BCUT2D eigenvalue weighted by Gasteiger charge is 2.26. The van der Waals surface area contributed by atoms with E-state index in [9.17, 15) is 5.11 Å². The van der Waals surface area contributed by atoms with Gasteiger partial charge in [0.25, 0.3) is 0 Å². The van der Waals surface area contributed by atoms with Crippen molar-refractivity contribution in [3.63, 3.8) is 0 Å². The first-order valence-electron chi connectivity index (χ1n) is 9.19. The molecule has 0 radical (unpaired) electrons. The van der Waals surface area contributed by atoms with E-state index in [1.165, 1.54) is 0 Å². The zero-order chi connectivity index (χ0) is 19.9. The molecule has 2 rings (SSSR count). The highest BCUT2D eigenvalue weighted by Crippen LogP contribution is 2.37. The van der Waals surface area contributed by atoms with Crippen LogP contribution in [0.3, 0.4) is 0 Å². The molecule has 0 saturated carbocycles. The van der Waals surface area contributed by atoms with Gasteiger partial charge < -0.3 is 19.7 Å².